The molecule has 0 aliphatic heterocycles. The van der Waals surface area contributed by atoms with E-state index in [0.29, 0.717) is 17.5 Å². The van der Waals surface area contributed by atoms with Gasteiger partial charge in [-0.3, -0.25) is 0 Å². The Kier molecular flexibility index (Phi) is 10.3. The van der Waals surface area contributed by atoms with Gasteiger partial charge in [0.25, 0.3) is 0 Å². The van der Waals surface area contributed by atoms with E-state index in [-0.39, 0.29) is 5.41 Å². The summed E-state index contributed by atoms with van der Waals surface area (Å²) in [7, 11) is 0. The van der Waals surface area contributed by atoms with Gasteiger partial charge in [0.1, 0.15) is 0 Å². The molecule has 0 radical (unpaired) electrons. The number of fused-ring (bicyclic) bond motifs is 10. The van der Waals surface area contributed by atoms with Crippen LogP contribution in [0.25, 0.3) is 117 Å². The van der Waals surface area contributed by atoms with Gasteiger partial charge in [-0.1, -0.05) is 228 Å². The Morgan fingerprint density at radius 3 is 1.64 bits per heavy atom. The van der Waals surface area contributed by atoms with E-state index in [1.165, 1.54) is 83.2 Å². The van der Waals surface area contributed by atoms with Gasteiger partial charge in [0, 0.05) is 44.1 Å². The third kappa shape index (κ3) is 7.10. The molecule has 10 aromatic carbocycles. The Bertz CT molecular complexity index is 3900. The molecule has 0 bridgehead atoms. The van der Waals surface area contributed by atoms with Gasteiger partial charge < -0.3 is 4.57 Å². The smallest absolute Gasteiger partial charge is 0.164 e. The summed E-state index contributed by atoms with van der Waals surface area (Å²) in [5.74, 6) is 1.88. The van der Waals surface area contributed by atoms with E-state index in [0.717, 1.165) is 33.5 Å². The van der Waals surface area contributed by atoms with Crippen LogP contribution in [0.3, 0.4) is 0 Å². The van der Waals surface area contributed by atoms with Crippen LogP contribution in [0.1, 0.15) is 45.2 Å². The summed E-state index contributed by atoms with van der Waals surface area (Å²) < 4.78 is 2.46. The highest BCUT2D eigenvalue weighted by Gasteiger charge is 2.37. The van der Waals surface area contributed by atoms with Crippen LogP contribution < -0.4 is 0 Å². The van der Waals surface area contributed by atoms with Crippen molar-refractivity contribution in [1.29, 1.82) is 0 Å². The molecular weight excluding hydrogens is 837 g/mol. The van der Waals surface area contributed by atoms with Gasteiger partial charge >= 0.3 is 0 Å². The number of nitrogens with zero attached hydrogens (tertiary/aromatic N) is 4. The zero-order chi connectivity index (χ0) is 46.6. The van der Waals surface area contributed by atoms with Gasteiger partial charge in [-0.15, -0.1) is 0 Å². The Morgan fingerprint density at radius 2 is 0.913 bits per heavy atom. The highest BCUT2D eigenvalue weighted by Crippen LogP contribution is 2.53. The topological polar surface area (TPSA) is 43.6 Å². The fraction of sp³-hybridized carbons (Fsp3) is 0.0923. The first-order valence-corrected chi connectivity index (χ1v) is 24.1. The minimum absolute atomic E-state index is 0.165. The lowest BCUT2D eigenvalue weighted by Gasteiger charge is -2.22. The molecule has 4 nitrogen and oxygen atoms in total. The van der Waals surface area contributed by atoms with Crippen LogP contribution in [0.2, 0.25) is 0 Å². The summed E-state index contributed by atoms with van der Waals surface area (Å²) in [6.07, 6.45) is 1.25. The van der Waals surface area contributed by atoms with Gasteiger partial charge in [0.05, 0.1) is 11.0 Å². The van der Waals surface area contributed by atoms with Crippen molar-refractivity contribution in [3.63, 3.8) is 0 Å². The maximum absolute atomic E-state index is 5.21. The Hall–Kier alpha value is -8.47. The van der Waals surface area contributed by atoms with Gasteiger partial charge in [0.15, 0.2) is 17.5 Å². The average molecular weight is 887 g/mol. The van der Waals surface area contributed by atoms with E-state index in [9.17, 15) is 0 Å². The third-order valence-corrected chi connectivity index (χ3v) is 13.8. The van der Waals surface area contributed by atoms with Crippen molar-refractivity contribution in [2.75, 3.05) is 0 Å². The molecule has 0 fully saturated rings. The fourth-order valence-electron chi connectivity index (χ4n) is 10.6. The second-order valence-electron chi connectivity index (χ2n) is 18.7. The number of benzene rings is 10. The molecule has 0 saturated heterocycles. The normalized spacial score (nSPS) is 12.5. The number of aromatic nitrogens is 4. The molecule has 2 heterocycles. The minimum Gasteiger partial charge on any atom is -0.309 e. The molecule has 0 atom stereocenters. The van der Waals surface area contributed by atoms with Crippen LogP contribution in [-0.2, 0) is 5.41 Å². The number of para-hydroxylation sites is 1. The summed E-state index contributed by atoms with van der Waals surface area (Å²) in [4.78, 5) is 15.4. The molecule has 330 valence electrons. The molecule has 4 heteroatoms. The van der Waals surface area contributed by atoms with Crippen molar-refractivity contribution >= 4 is 43.4 Å². The van der Waals surface area contributed by atoms with Crippen LogP contribution in [0.15, 0.2) is 218 Å². The van der Waals surface area contributed by atoms with Crippen molar-refractivity contribution in [2.24, 2.45) is 0 Å². The second kappa shape index (κ2) is 17.0. The lowest BCUT2D eigenvalue weighted by atomic mass is 9.81. The first kappa shape index (κ1) is 41.9. The quantitative estimate of drug-likeness (QED) is 0.167. The zero-order valence-corrected chi connectivity index (χ0v) is 39.3. The first-order valence-electron chi connectivity index (χ1n) is 24.1. The molecule has 0 amide bonds. The van der Waals surface area contributed by atoms with E-state index in [4.69, 9.17) is 15.0 Å². The van der Waals surface area contributed by atoms with E-state index < -0.39 is 0 Å². The lowest BCUT2D eigenvalue weighted by Crippen LogP contribution is -2.15. The maximum Gasteiger partial charge on any atom is 0.164 e. The number of hydrogen-bond acceptors (Lipinski definition) is 3. The van der Waals surface area contributed by atoms with Gasteiger partial charge in [0.2, 0.25) is 0 Å². The maximum atomic E-state index is 5.21. The molecule has 1 aliphatic carbocycles. The van der Waals surface area contributed by atoms with Crippen LogP contribution >= 0.6 is 0 Å². The first-order chi connectivity index (χ1) is 33.9. The second-order valence-corrected chi connectivity index (χ2v) is 18.7. The van der Waals surface area contributed by atoms with Crippen LogP contribution in [0, 0.1) is 0 Å². The van der Waals surface area contributed by atoms with E-state index in [1.54, 1.807) is 0 Å². The SMILES string of the molecule is CC1(C)c2cc(-c3cccc4c5c6ccccc6ccc5n(-c5cccc(-c6nc(-c7ccccc7)nc(-c7ccc(-c8ccccc8)cc7)n6)c5)c34)ccc2-c2c1ccc1ccccc21.CCC. The predicted octanol–water partition coefficient (Wildman–Crippen LogP) is 17.3. The summed E-state index contributed by atoms with van der Waals surface area (Å²) in [5.41, 5.74) is 16.1. The predicted molar refractivity (Wildman–Crippen MR) is 290 cm³/mol. The van der Waals surface area contributed by atoms with Crippen molar-refractivity contribution < 1.29 is 0 Å². The lowest BCUT2D eigenvalue weighted by molar-refractivity contribution is 0.661. The van der Waals surface area contributed by atoms with Crippen LogP contribution in [0.4, 0.5) is 0 Å². The minimum atomic E-state index is -0.165. The molecule has 0 saturated carbocycles. The zero-order valence-electron chi connectivity index (χ0n) is 39.3. The Labute approximate surface area is 403 Å². The van der Waals surface area contributed by atoms with E-state index in [2.05, 4.69) is 226 Å². The Balaban J connectivity index is 0.00000160. The van der Waals surface area contributed by atoms with Crippen molar-refractivity contribution in [1.82, 2.24) is 19.5 Å². The van der Waals surface area contributed by atoms with Gasteiger partial charge in [-0.25, -0.2) is 15.0 Å². The van der Waals surface area contributed by atoms with Gasteiger partial charge in [-0.05, 0) is 84.8 Å². The summed E-state index contributed by atoms with van der Waals surface area (Å²) in [5, 5.41) is 7.49. The van der Waals surface area contributed by atoms with E-state index in [1.807, 2.05) is 24.3 Å². The largest absolute Gasteiger partial charge is 0.309 e. The molecule has 0 N–H and O–H groups in total. The molecule has 1 aliphatic rings. The molecular formula is C65H50N4. The monoisotopic (exact) mass is 886 g/mol. The highest BCUT2D eigenvalue weighted by molar-refractivity contribution is 6.23. The fourth-order valence-corrected chi connectivity index (χ4v) is 10.6. The van der Waals surface area contributed by atoms with Crippen molar-refractivity contribution in [3.05, 3.63) is 230 Å². The highest BCUT2D eigenvalue weighted by atomic mass is 15.0. The number of rotatable bonds is 6. The summed E-state index contributed by atoms with van der Waals surface area (Å²) >= 11 is 0. The van der Waals surface area contributed by atoms with Crippen molar-refractivity contribution in [2.45, 2.75) is 39.5 Å². The molecule has 69 heavy (non-hydrogen) atoms. The average Bonchev–Trinajstić information content (AvgIpc) is 3.88. The molecule has 0 unspecified atom stereocenters. The Morgan fingerprint density at radius 1 is 0.391 bits per heavy atom. The molecule has 12 aromatic rings. The third-order valence-electron chi connectivity index (χ3n) is 13.8. The van der Waals surface area contributed by atoms with Crippen LogP contribution in [0.5, 0.6) is 0 Å². The summed E-state index contributed by atoms with van der Waals surface area (Å²) in [6.45, 7) is 9.00. The molecule has 2 aromatic heterocycles. The van der Waals surface area contributed by atoms with Crippen LogP contribution in [-0.4, -0.2) is 19.5 Å². The molecule has 0 spiro atoms. The van der Waals surface area contributed by atoms with Gasteiger partial charge in [-0.2, -0.15) is 0 Å². The standard InChI is InChI=1S/C62H42N4.C3H8/c1-62(2)53-35-32-41-17-9-11-23-48(41)56(53)51-34-31-45(38-54(51)62)50-25-14-26-52-57-49-24-12-10-18-42(49)33-36-55(57)66(58(50)52)47-22-13-21-46(37-47)61-64-59(43-19-7-4-8-20-43)63-60(65-61)44-29-27-40(28-30-44)39-15-5-3-6-16-39;1-3-2/h3-38H,1-2H3;3H2,1-2H3. The molecule has 13 rings (SSSR count). The van der Waals surface area contributed by atoms with E-state index >= 15 is 0 Å². The number of hydrogen-bond donors (Lipinski definition) is 0. The summed E-state index contributed by atoms with van der Waals surface area (Å²) in [6, 6.07) is 78.5. The van der Waals surface area contributed by atoms with Crippen molar-refractivity contribution in [3.8, 4) is 73.2 Å².